The molecule has 1 unspecified atom stereocenters. The fourth-order valence-electron chi connectivity index (χ4n) is 4.78. The number of carbonyl (C=O) groups excluding carboxylic acids is 1. The summed E-state index contributed by atoms with van der Waals surface area (Å²) in [6.45, 7) is 3.80. The molecule has 3 heterocycles. The Balaban J connectivity index is 1.21. The van der Waals surface area contributed by atoms with E-state index in [0.29, 0.717) is 35.0 Å². The van der Waals surface area contributed by atoms with Gasteiger partial charge in [-0.1, -0.05) is 0 Å². The van der Waals surface area contributed by atoms with Crippen LogP contribution in [0.3, 0.4) is 0 Å². The number of rotatable bonds is 8. The zero-order valence-corrected chi connectivity index (χ0v) is 21.0. The van der Waals surface area contributed by atoms with Gasteiger partial charge < -0.3 is 20.1 Å². The number of aromatic nitrogens is 3. The van der Waals surface area contributed by atoms with Crippen molar-refractivity contribution in [3.63, 3.8) is 0 Å². The van der Waals surface area contributed by atoms with E-state index in [4.69, 9.17) is 0 Å². The number of anilines is 2. The van der Waals surface area contributed by atoms with Crippen molar-refractivity contribution < 1.29 is 18.0 Å². The van der Waals surface area contributed by atoms with Gasteiger partial charge in [0.15, 0.2) is 0 Å². The third-order valence-electron chi connectivity index (χ3n) is 6.61. The summed E-state index contributed by atoms with van der Waals surface area (Å²) >= 11 is 0. The van der Waals surface area contributed by atoms with Crippen LogP contribution in [0.5, 0.6) is 0 Å². The predicted molar refractivity (Wildman–Crippen MR) is 140 cm³/mol. The second-order valence-electron chi connectivity index (χ2n) is 9.73. The van der Waals surface area contributed by atoms with Crippen LogP contribution in [-0.4, -0.2) is 57.2 Å². The van der Waals surface area contributed by atoms with Gasteiger partial charge in [0.05, 0.1) is 0 Å². The quantitative estimate of drug-likeness (QED) is 0.339. The first kappa shape index (κ1) is 25.7. The summed E-state index contributed by atoms with van der Waals surface area (Å²) in [5.41, 5.74) is 2.36. The molecule has 2 N–H and O–H groups in total. The summed E-state index contributed by atoms with van der Waals surface area (Å²) < 4.78 is 42.2. The van der Waals surface area contributed by atoms with Crippen molar-refractivity contribution in [3.8, 4) is 0 Å². The Morgan fingerprint density at radius 1 is 1.08 bits per heavy atom. The lowest BCUT2D eigenvalue weighted by atomic mass is 10.0. The maximum atomic E-state index is 13.6. The Kier molecular flexibility index (Phi) is 7.59. The van der Waals surface area contributed by atoms with Crippen LogP contribution in [0.2, 0.25) is 0 Å². The van der Waals surface area contributed by atoms with Crippen molar-refractivity contribution in [3.05, 3.63) is 83.7 Å². The van der Waals surface area contributed by atoms with E-state index in [1.54, 1.807) is 48.1 Å². The maximum Gasteiger partial charge on any atom is 0.251 e. The highest BCUT2D eigenvalue weighted by Crippen LogP contribution is 2.20. The Morgan fingerprint density at radius 3 is 2.47 bits per heavy atom. The van der Waals surface area contributed by atoms with Crippen LogP contribution >= 0.6 is 0 Å². The van der Waals surface area contributed by atoms with Gasteiger partial charge in [0, 0.05) is 67.3 Å². The van der Waals surface area contributed by atoms with Crippen molar-refractivity contribution in [1.29, 1.82) is 0 Å². The van der Waals surface area contributed by atoms with Crippen LogP contribution in [0.4, 0.5) is 24.8 Å². The third-order valence-corrected chi connectivity index (χ3v) is 6.61. The number of hydrogen-bond acceptors (Lipinski definition) is 5. The number of halogens is 3. The van der Waals surface area contributed by atoms with Crippen LogP contribution in [0.25, 0.3) is 11.0 Å². The van der Waals surface area contributed by atoms with Gasteiger partial charge in [-0.3, -0.25) is 4.79 Å². The second-order valence-corrected chi connectivity index (χ2v) is 9.73. The molecule has 0 saturated carbocycles. The van der Waals surface area contributed by atoms with Gasteiger partial charge in [0.25, 0.3) is 5.91 Å². The Labute approximate surface area is 218 Å². The number of likely N-dealkylation sites (tertiary alicyclic amines) is 1. The highest BCUT2D eigenvalue weighted by atomic mass is 19.1. The number of nitrogens with zero attached hydrogens (tertiary/aromatic N) is 4. The van der Waals surface area contributed by atoms with Crippen LogP contribution in [0.15, 0.2) is 60.9 Å². The number of benzene rings is 2. The van der Waals surface area contributed by atoms with E-state index in [-0.39, 0.29) is 18.5 Å². The van der Waals surface area contributed by atoms with Crippen molar-refractivity contribution in [1.82, 2.24) is 24.8 Å². The monoisotopic (exact) mass is 522 g/mol. The lowest BCUT2D eigenvalue weighted by Gasteiger charge is -2.32. The number of piperidine rings is 1. The van der Waals surface area contributed by atoms with Gasteiger partial charge in [-0.15, -0.1) is 0 Å². The molecular formula is C28H29F3N6O. The van der Waals surface area contributed by atoms with Gasteiger partial charge in [0.2, 0.25) is 5.95 Å². The highest BCUT2D eigenvalue weighted by Gasteiger charge is 2.22. The second kappa shape index (κ2) is 11.2. The fraction of sp³-hybridized carbons (Fsp3) is 0.321. The lowest BCUT2D eigenvalue weighted by molar-refractivity contribution is 0.0901. The summed E-state index contributed by atoms with van der Waals surface area (Å²) in [7, 11) is 0. The number of amides is 1. The van der Waals surface area contributed by atoms with E-state index >= 15 is 0 Å². The molecule has 4 aromatic rings. The number of hydrogen-bond donors (Lipinski definition) is 2. The average molecular weight is 523 g/mol. The molecule has 38 heavy (non-hydrogen) atoms. The van der Waals surface area contributed by atoms with Crippen LogP contribution in [0, 0.1) is 11.6 Å². The van der Waals surface area contributed by atoms with Crippen molar-refractivity contribution >= 4 is 28.6 Å². The van der Waals surface area contributed by atoms with Crippen LogP contribution in [-0.2, 0) is 6.54 Å². The molecule has 1 amide bonds. The summed E-state index contributed by atoms with van der Waals surface area (Å²) in [5, 5.41) is 7.01. The molecule has 10 heteroatoms. The molecule has 0 bridgehead atoms. The normalized spacial score (nSPS) is 15.5. The molecule has 0 radical (unpaired) electrons. The Morgan fingerprint density at radius 2 is 1.79 bits per heavy atom. The van der Waals surface area contributed by atoms with Crippen molar-refractivity contribution in [2.24, 2.45) is 0 Å². The van der Waals surface area contributed by atoms with Crippen LogP contribution in [0.1, 0.15) is 35.7 Å². The Bertz CT molecular complexity index is 1390. The van der Waals surface area contributed by atoms with Crippen molar-refractivity contribution in [2.75, 3.05) is 25.0 Å². The zero-order chi connectivity index (χ0) is 26.6. The molecule has 2 aromatic carbocycles. The summed E-state index contributed by atoms with van der Waals surface area (Å²) in [6.07, 6.45) is 4.22. The number of alkyl halides is 1. The molecule has 198 valence electrons. The average Bonchev–Trinajstić information content (AvgIpc) is 3.26. The first-order valence-corrected chi connectivity index (χ1v) is 12.6. The van der Waals surface area contributed by atoms with E-state index in [9.17, 15) is 18.0 Å². The molecule has 1 atom stereocenters. The number of nitrogens with one attached hydrogen (secondary N) is 2. The van der Waals surface area contributed by atoms with Gasteiger partial charge in [-0.2, -0.15) is 4.98 Å². The summed E-state index contributed by atoms with van der Waals surface area (Å²) in [6, 6.07) is 12.4. The summed E-state index contributed by atoms with van der Waals surface area (Å²) in [4.78, 5) is 23.7. The smallest absolute Gasteiger partial charge is 0.251 e. The van der Waals surface area contributed by atoms with Crippen LogP contribution < -0.4 is 10.6 Å². The highest BCUT2D eigenvalue weighted by molar-refractivity contribution is 5.94. The minimum absolute atomic E-state index is 0.0757. The largest absolute Gasteiger partial charge is 0.349 e. The fourth-order valence-corrected chi connectivity index (χ4v) is 4.78. The van der Waals surface area contributed by atoms with Gasteiger partial charge >= 0.3 is 0 Å². The molecule has 1 saturated heterocycles. The molecule has 1 aliphatic heterocycles. The molecule has 1 fully saturated rings. The molecule has 1 aliphatic rings. The summed E-state index contributed by atoms with van der Waals surface area (Å²) in [5.74, 6) is -1.04. The van der Waals surface area contributed by atoms with Crippen molar-refractivity contribution in [2.45, 2.75) is 38.5 Å². The van der Waals surface area contributed by atoms with E-state index in [1.807, 2.05) is 6.07 Å². The van der Waals surface area contributed by atoms with E-state index in [2.05, 4.69) is 25.5 Å². The van der Waals surface area contributed by atoms with Gasteiger partial charge in [-0.25, -0.2) is 18.2 Å². The molecule has 0 aliphatic carbocycles. The van der Waals surface area contributed by atoms with E-state index in [0.717, 1.165) is 37.4 Å². The topological polar surface area (TPSA) is 75.1 Å². The first-order valence-electron chi connectivity index (χ1n) is 12.6. The first-order chi connectivity index (χ1) is 18.3. The lowest BCUT2D eigenvalue weighted by Crippen LogP contribution is -2.45. The number of carbonyl (C=O) groups is 1. The maximum absolute atomic E-state index is 13.6. The molecular weight excluding hydrogens is 493 g/mol. The van der Waals surface area contributed by atoms with E-state index < -0.39 is 17.8 Å². The molecule has 0 spiro atoms. The standard InChI is InChI=1S/C28H29F3N6O/c1-18(29)16-36-9-7-25(8-10-36)33-27(38)20-2-4-24(5-3-20)34-28-32-15-21-6-11-37(26(21)35-28)17-19-12-22(30)14-23(31)13-19/h2-6,11-15,18,25H,7-10,16-17H2,1H3,(H,33,38)(H,32,34,35). The molecule has 5 rings (SSSR count). The Hall–Kier alpha value is -3.92. The SMILES string of the molecule is CC(F)CN1CCC(NC(=O)c2ccc(Nc3ncc4ccn(Cc5cc(F)cc(F)c5)c4n3)cc2)CC1. The van der Waals surface area contributed by atoms with Gasteiger partial charge in [-0.05, 0) is 67.8 Å². The molecule has 7 nitrogen and oxygen atoms in total. The molecule has 2 aromatic heterocycles. The number of fused-ring (bicyclic) bond motifs is 1. The van der Waals surface area contributed by atoms with E-state index in [1.165, 1.54) is 12.1 Å². The zero-order valence-electron chi connectivity index (χ0n) is 21.0. The third kappa shape index (κ3) is 6.31. The minimum Gasteiger partial charge on any atom is -0.349 e. The predicted octanol–water partition coefficient (Wildman–Crippen LogP) is 5.05. The minimum atomic E-state index is -0.850. The van der Waals surface area contributed by atoms with Gasteiger partial charge in [0.1, 0.15) is 23.5 Å².